The number of hydrogen-bond donors (Lipinski definition) is 1. The first-order valence-electron chi connectivity index (χ1n) is 9.65. The van der Waals surface area contributed by atoms with E-state index in [0.717, 1.165) is 37.1 Å². The second-order valence-corrected chi connectivity index (χ2v) is 7.27. The number of carbonyl (C=O) groups is 1. The summed E-state index contributed by atoms with van der Waals surface area (Å²) in [5.74, 6) is -0.516. The summed E-state index contributed by atoms with van der Waals surface area (Å²) >= 11 is 0. The van der Waals surface area contributed by atoms with E-state index in [4.69, 9.17) is 0 Å². The van der Waals surface area contributed by atoms with Crippen LogP contribution in [0.4, 0.5) is 17.6 Å². The SMILES string of the molecule is O=C(NCCn1nc(-c2ccc(F)cc2)n(C2CC2)c1=O)c1ccc(C(F)(F)F)cc1. The molecule has 1 aromatic heterocycles. The summed E-state index contributed by atoms with van der Waals surface area (Å²) in [6.45, 7) is 0.142. The van der Waals surface area contributed by atoms with Crippen molar-refractivity contribution >= 4 is 5.91 Å². The fraction of sp³-hybridized carbons (Fsp3) is 0.286. The third kappa shape index (κ3) is 4.52. The minimum atomic E-state index is -4.47. The molecule has 0 atom stereocenters. The molecule has 1 saturated carbocycles. The van der Waals surface area contributed by atoms with Crippen LogP contribution in [0, 0.1) is 5.82 Å². The van der Waals surface area contributed by atoms with Crippen LogP contribution in [0.1, 0.15) is 34.8 Å². The Bertz CT molecular complexity index is 1140. The number of rotatable bonds is 6. The fourth-order valence-electron chi connectivity index (χ4n) is 3.21. The average molecular weight is 434 g/mol. The molecular weight excluding hydrogens is 416 g/mol. The zero-order valence-electron chi connectivity index (χ0n) is 16.2. The van der Waals surface area contributed by atoms with E-state index in [1.807, 2.05) is 0 Å². The van der Waals surface area contributed by atoms with Crippen molar-refractivity contribution in [2.45, 2.75) is 31.6 Å². The second kappa shape index (κ2) is 8.01. The van der Waals surface area contributed by atoms with Crippen LogP contribution in [0.25, 0.3) is 11.4 Å². The maximum atomic E-state index is 13.2. The van der Waals surface area contributed by atoms with Gasteiger partial charge in [0.15, 0.2) is 5.82 Å². The quantitative estimate of drug-likeness (QED) is 0.603. The number of hydrogen-bond acceptors (Lipinski definition) is 3. The molecule has 4 rings (SSSR count). The molecule has 0 bridgehead atoms. The summed E-state index contributed by atoms with van der Waals surface area (Å²) in [6.07, 6.45) is -2.77. The van der Waals surface area contributed by atoms with Gasteiger partial charge in [-0.1, -0.05) is 0 Å². The molecule has 6 nitrogen and oxygen atoms in total. The molecule has 2 aromatic carbocycles. The molecule has 10 heteroatoms. The van der Waals surface area contributed by atoms with Crippen molar-refractivity contribution in [3.63, 3.8) is 0 Å². The van der Waals surface area contributed by atoms with Crippen molar-refractivity contribution in [3.05, 3.63) is 76.0 Å². The van der Waals surface area contributed by atoms with Crippen molar-refractivity contribution in [2.24, 2.45) is 0 Å². The van der Waals surface area contributed by atoms with Crippen LogP contribution in [-0.4, -0.2) is 26.8 Å². The Kier molecular flexibility index (Phi) is 5.38. The number of benzene rings is 2. The van der Waals surface area contributed by atoms with Crippen molar-refractivity contribution < 1.29 is 22.4 Å². The molecule has 162 valence electrons. The average Bonchev–Trinajstić information content (AvgIpc) is 3.52. The van der Waals surface area contributed by atoms with Gasteiger partial charge in [0.1, 0.15) is 5.82 Å². The molecule has 0 aliphatic heterocycles. The maximum absolute atomic E-state index is 13.2. The molecule has 1 aliphatic carbocycles. The van der Waals surface area contributed by atoms with Gasteiger partial charge in [-0.2, -0.15) is 13.2 Å². The molecule has 1 aliphatic rings. The van der Waals surface area contributed by atoms with Crippen molar-refractivity contribution in [2.75, 3.05) is 6.54 Å². The normalized spacial score (nSPS) is 13.9. The van der Waals surface area contributed by atoms with E-state index in [2.05, 4.69) is 10.4 Å². The van der Waals surface area contributed by atoms with Crippen LogP contribution >= 0.6 is 0 Å². The van der Waals surface area contributed by atoms with Crippen molar-refractivity contribution in [3.8, 4) is 11.4 Å². The van der Waals surface area contributed by atoms with E-state index >= 15 is 0 Å². The summed E-state index contributed by atoms with van der Waals surface area (Å²) in [5.41, 5.74) is -0.478. The Hall–Kier alpha value is -3.43. The first kappa shape index (κ1) is 20.8. The van der Waals surface area contributed by atoms with Gasteiger partial charge in [0.2, 0.25) is 0 Å². The number of nitrogens with one attached hydrogen (secondary N) is 1. The van der Waals surface area contributed by atoms with Crippen LogP contribution in [0.5, 0.6) is 0 Å². The van der Waals surface area contributed by atoms with E-state index in [1.54, 1.807) is 16.7 Å². The Morgan fingerprint density at radius 1 is 1.06 bits per heavy atom. The molecule has 3 aromatic rings. The summed E-state index contributed by atoms with van der Waals surface area (Å²) in [7, 11) is 0. The van der Waals surface area contributed by atoms with Gasteiger partial charge in [-0.25, -0.2) is 13.9 Å². The predicted molar refractivity (Wildman–Crippen MR) is 104 cm³/mol. The number of amides is 1. The van der Waals surface area contributed by atoms with Gasteiger partial charge in [0.25, 0.3) is 5.91 Å². The number of alkyl halides is 3. The highest BCUT2D eigenvalue weighted by molar-refractivity contribution is 5.94. The second-order valence-electron chi connectivity index (χ2n) is 7.27. The molecule has 1 heterocycles. The van der Waals surface area contributed by atoms with Crippen LogP contribution in [0.2, 0.25) is 0 Å². The van der Waals surface area contributed by atoms with Gasteiger partial charge < -0.3 is 5.32 Å². The lowest BCUT2D eigenvalue weighted by atomic mass is 10.1. The van der Waals surface area contributed by atoms with Gasteiger partial charge in [0, 0.05) is 23.7 Å². The fourth-order valence-corrected chi connectivity index (χ4v) is 3.21. The van der Waals surface area contributed by atoms with E-state index in [9.17, 15) is 27.2 Å². The third-order valence-corrected chi connectivity index (χ3v) is 4.97. The van der Waals surface area contributed by atoms with Crippen LogP contribution in [0.15, 0.2) is 53.3 Å². The van der Waals surface area contributed by atoms with E-state index in [-0.39, 0.29) is 30.4 Å². The Balaban J connectivity index is 1.45. The number of carbonyl (C=O) groups excluding carboxylic acids is 1. The Morgan fingerprint density at radius 2 is 1.71 bits per heavy atom. The van der Waals surface area contributed by atoms with Gasteiger partial charge in [-0.05, 0) is 61.4 Å². The standard InChI is InChI=1S/C21H18F4N4O2/c22-16-7-3-13(4-8-16)18-27-28(20(31)29(18)17-9-10-17)12-11-26-19(30)14-1-5-15(6-2-14)21(23,24)25/h1-8,17H,9-12H2,(H,26,30). The molecule has 1 amide bonds. The minimum absolute atomic E-state index is 0.0445. The van der Waals surface area contributed by atoms with Crippen LogP contribution < -0.4 is 11.0 Å². The first-order chi connectivity index (χ1) is 14.7. The smallest absolute Gasteiger partial charge is 0.350 e. The summed E-state index contributed by atoms with van der Waals surface area (Å²) in [4.78, 5) is 24.9. The monoisotopic (exact) mass is 434 g/mol. The minimum Gasteiger partial charge on any atom is -0.350 e. The summed E-state index contributed by atoms with van der Waals surface area (Å²) < 4.78 is 53.9. The molecule has 0 spiro atoms. The number of aromatic nitrogens is 3. The number of halogens is 4. The predicted octanol–water partition coefficient (Wildman–Crippen LogP) is 3.63. The van der Waals surface area contributed by atoms with Crippen molar-refractivity contribution in [1.29, 1.82) is 0 Å². The largest absolute Gasteiger partial charge is 0.416 e. The molecule has 1 N–H and O–H groups in total. The highest BCUT2D eigenvalue weighted by atomic mass is 19.4. The molecule has 0 radical (unpaired) electrons. The highest BCUT2D eigenvalue weighted by Gasteiger charge is 2.31. The molecule has 1 fully saturated rings. The van der Waals surface area contributed by atoms with Gasteiger partial charge in [0.05, 0.1) is 12.1 Å². The van der Waals surface area contributed by atoms with Gasteiger partial charge in [-0.15, -0.1) is 5.10 Å². The summed E-state index contributed by atoms with van der Waals surface area (Å²) in [5, 5.41) is 6.92. The topological polar surface area (TPSA) is 68.9 Å². The number of nitrogens with zero attached hydrogens (tertiary/aromatic N) is 3. The zero-order chi connectivity index (χ0) is 22.2. The molecular formula is C21H18F4N4O2. The molecule has 0 saturated heterocycles. The lowest BCUT2D eigenvalue weighted by Crippen LogP contribution is -2.32. The van der Waals surface area contributed by atoms with Crippen molar-refractivity contribution in [1.82, 2.24) is 19.7 Å². The van der Waals surface area contributed by atoms with Crippen LogP contribution in [0.3, 0.4) is 0 Å². The van der Waals surface area contributed by atoms with Crippen LogP contribution in [-0.2, 0) is 12.7 Å². The first-order valence-corrected chi connectivity index (χ1v) is 9.65. The Morgan fingerprint density at radius 3 is 2.29 bits per heavy atom. The zero-order valence-corrected chi connectivity index (χ0v) is 16.2. The lowest BCUT2D eigenvalue weighted by Gasteiger charge is -2.08. The van der Waals surface area contributed by atoms with Gasteiger partial charge >= 0.3 is 11.9 Å². The van der Waals surface area contributed by atoms with E-state index in [1.165, 1.54) is 16.8 Å². The summed E-state index contributed by atoms with van der Waals surface area (Å²) in [6, 6.07) is 9.60. The van der Waals surface area contributed by atoms with Gasteiger partial charge in [-0.3, -0.25) is 9.36 Å². The molecule has 31 heavy (non-hydrogen) atoms. The lowest BCUT2D eigenvalue weighted by molar-refractivity contribution is -0.137. The third-order valence-electron chi connectivity index (χ3n) is 4.97. The maximum Gasteiger partial charge on any atom is 0.416 e. The van der Waals surface area contributed by atoms with E-state index < -0.39 is 23.5 Å². The highest BCUT2D eigenvalue weighted by Crippen LogP contribution is 2.36. The Labute approximate surface area is 174 Å². The molecule has 0 unspecified atom stereocenters. The van der Waals surface area contributed by atoms with E-state index in [0.29, 0.717) is 11.4 Å².